The molecule has 2 N–H and O–H groups in total. The fourth-order valence-electron chi connectivity index (χ4n) is 1.37. The van der Waals surface area contributed by atoms with Crippen molar-refractivity contribution in [3.05, 3.63) is 46.3 Å². The fourth-order valence-corrected chi connectivity index (χ4v) is 1.49. The smallest absolute Gasteiger partial charge is 0.217 e. The zero-order chi connectivity index (χ0) is 12.3. The molecule has 2 heterocycles. The molecule has 0 fully saturated rings. The number of hydrogen-bond acceptors (Lipinski definition) is 3. The molecular weight excluding hydrogens is 243 g/mol. The van der Waals surface area contributed by atoms with Crippen molar-refractivity contribution in [3.8, 4) is 0 Å². The van der Waals surface area contributed by atoms with Gasteiger partial charge in [0.2, 0.25) is 5.43 Å². The Bertz CT molecular complexity index is 592. The Balaban J connectivity index is 2.22. The first-order valence-corrected chi connectivity index (χ1v) is 5.27. The average molecular weight is 252 g/mol. The van der Waals surface area contributed by atoms with Gasteiger partial charge in [-0.1, -0.05) is 12.2 Å². The summed E-state index contributed by atoms with van der Waals surface area (Å²) in [6.07, 6.45) is 3.06. The number of aromatic nitrogens is 3. The topological polar surface area (TPSA) is 62.7 Å². The van der Waals surface area contributed by atoms with Crippen molar-refractivity contribution in [1.29, 1.82) is 0 Å². The number of rotatable bonds is 4. The summed E-state index contributed by atoms with van der Waals surface area (Å²) in [7, 11) is 0. The van der Waals surface area contributed by atoms with Crippen molar-refractivity contribution in [2.45, 2.75) is 6.54 Å². The number of pyridine rings is 1. The summed E-state index contributed by atoms with van der Waals surface area (Å²) >= 11 is 4.62. The number of halogens is 1. The van der Waals surface area contributed by atoms with E-state index in [4.69, 9.17) is 0 Å². The summed E-state index contributed by atoms with van der Waals surface area (Å²) in [6, 6.07) is 2.84. The maximum absolute atomic E-state index is 13.4. The Kier molecular flexibility index (Phi) is 3.29. The number of thiocarbonyl (C=S) groups is 1. The Morgan fingerprint density at radius 2 is 2.41 bits per heavy atom. The quantitative estimate of drug-likeness (QED) is 0.801. The van der Waals surface area contributed by atoms with Gasteiger partial charge in [0.25, 0.3) is 0 Å². The molecule has 0 aliphatic carbocycles. The monoisotopic (exact) mass is 252 g/mol. The molecule has 2 aromatic rings. The van der Waals surface area contributed by atoms with E-state index in [1.54, 1.807) is 12.3 Å². The molecule has 7 heteroatoms. The zero-order valence-electron chi connectivity index (χ0n) is 8.68. The average Bonchev–Trinajstić information content (AvgIpc) is 2.73. The molecule has 88 valence electrons. The first kappa shape index (κ1) is 11.5. The summed E-state index contributed by atoms with van der Waals surface area (Å²) in [5.74, 6) is -0.217. The third kappa shape index (κ3) is 2.56. The highest BCUT2D eigenvalue weighted by Gasteiger charge is 2.07. The minimum atomic E-state index is -0.785. The molecule has 0 saturated heterocycles. The molecule has 0 amide bonds. The lowest BCUT2D eigenvalue weighted by atomic mass is 10.3. The third-order valence-electron chi connectivity index (χ3n) is 2.14. The first-order valence-electron chi connectivity index (χ1n) is 4.80. The fraction of sp³-hybridized carbons (Fsp3) is 0.100. The second kappa shape index (κ2) is 4.88. The van der Waals surface area contributed by atoms with Gasteiger partial charge in [-0.15, -0.1) is 0 Å². The van der Waals surface area contributed by atoms with Gasteiger partial charge in [0, 0.05) is 24.5 Å². The summed E-state index contributed by atoms with van der Waals surface area (Å²) in [5.41, 5.74) is 0.884. The molecule has 0 atom stereocenters. The Hall–Kier alpha value is -2.02. The van der Waals surface area contributed by atoms with Crippen molar-refractivity contribution in [1.82, 2.24) is 14.8 Å². The van der Waals surface area contributed by atoms with Crippen molar-refractivity contribution < 1.29 is 4.39 Å². The molecule has 0 aromatic carbocycles. The minimum absolute atomic E-state index is 0.154. The van der Waals surface area contributed by atoms with Gasteiger partial charge in [-0.05, 0) is 0 Å². The molecule has 5 nitrogen and oxygen atoms in total. The molecule has 0 saturated carbocycles. The maximum Gasteiger partial charge on any atom is 0.217 e. The van der Waals surface area contributed by atoms with Crippen molar-refractivity contribution in [3.63, 3.8) is 0 Å². The van der Waals surface area contributed by atoms with E-state index in [2.05, 4.69) is 27.6 Å². The van der Waals surface area contributed by atoms with Crippen LogP contribution in [0, 0.1) is 5.82 Å². The number of anilines is 1. The minimum Gasteiger partial charge on any atom is -0.361 e. The van der Waals surface area contributed by atoms with E-state index in [9.17, 15) is 9.18 Å². The molecule has 0 aliphatic heterocycles. The molecule has 0 radical (unpaired) electrons. The largest absolute Gasteiger partial charge is 0.361 e. The van der Waals surface area contributed by atoms with E-state index in [-0.39, 0.29) is 12.2 Å². The molecule has 0 aliphatic rings. The molecular formula is C10H9FN4OS. The number of nitrogens with zero attached hydrogens (tertiary/aromatic N) is 2. The van der Waals surface area contributed by atoms with Gasteiger partial charge in [-0.25, -0.2) is 4.39 Å². The number of hydrogen-bond donors (Lipinski definition) is 2. The van der Waals surface area contributed by atoms with Crippen LogP contribution in [0.15, 0.2) is 29.3 Å². The molecule has 2 rings (SSSR count). The van der Waals surface area contributed by atoms with Crippen LogP contribution in [0.4, 0.5) is 10.2 Å². The van der Waals surface area contributed by atoms with Crippen LogP contribution in [-0.4, -0.2) is 20.3 Å². The number of aromatic amines is 1. The van der Waals surface area contributed by atoms with Crippen LogP contribution in [0.2, 0.25) is 0 Å². The molecule has 2 aromatic heterocycles. The van der Waals surface area contributed by atoms with Crippen LogP contribution in [-0.2, 0) is 6.54 Å². The standard InChI is InChI=1S/C10H9FN4OS/c11-10-7(12-3-1-8(10)16)5-15-4-2-9(14-15)13-6-17/h1-4,6H,5H2,(H,12,16)(H,13,14,17). The number of nitrogens with one attached hydrogen (secondary N) is 2. The van der Waals surface area contributed by atoms with Crippen LogP contribution in [0.5, 0.6) is 0 Å². The maximum atomic E-state index is 13.4. The molecule has 0 bridgehead atoms. The summed E-state index contributed by atoms with van der Waals surface area (Å²) in [4.78, 5) is 13.8. The summed E-state index contributed by atoms with van der Waals surface area (Å²) in [6.45, 7) is 0.154. The van der Waals surface area contributed by atoms with Crippen LogP contribution in [0.1, 0.15) is 5.69 Å². The lowest BCUT2D eigenvalue weighted by molar-refractivity contribution is 0.563. The zero-order valence-corrected chi connectivity index (χ0v) is 9.50. The summed E-state index contributed by atoms with van der Waals surface area (Å²) < 4.78 is 14.9. The Morgan fingerprint density at radius 3 is 3.18 bits per heavy atom. The van der Waals surface area contributed by atoms with E-state index in [1.807, 2.05) is 0 Å². The second-order valence-electron chi connectivity index (χ2n) is 3.30. The molecule has 0 unspecified atom stereocenters. The van der Waals surface area contributed by atoms with Gasteiger partial charge in [-0.2, -0.15) is 5.10 Å². The lowest BCUT2D eigenvalue weighted by Crippen LogP contribution is -2.13. The highest BCUT2D eigenvalue weighted by Crippen LogP contribution is 2.05. The molecule has 17 heavy (non-hydrogen) atoms. The van der Waals surface area contributed by atoms with Crippen LogP contribution >= 0.6 is 12.2 Å². The summed E-state index contributed by atoms with van der Waals surface area (Å²) in [5, 5.41) is 6.82. The van der Waals surface area contributed by atoms with E-state index in [1.165, 1.54) is 16.4 Å². The lowest BCUT2D eigenvalue weighted by Gasteiger charge is -2.02. The van der Waals surface area contributed by atoms with E-state index < -0.39 is 11.2 Å². The normalized spacial score (nSPS) is 10.2. The van der Waals surface area contributed by atoms with E-state index in [0.717, 1.165) is 6.07 Å². The van der Waals surface area contributed by atoms with E-state index >= 15 is 0 Å². The highest BCUT2D eigenvalue weighted by molar-refractivity contribution is 7.79. The first-order chi connectivity index (χ1) is 8.20. The Morgan fingerprint density at radius 1 is 1.59 bits per heavy atom. The predicted octanol–water partition coefficient (Wildman–Crippen LogP) is 1.13. The Labute approximate surface area is 101 Å². The third-order valence-corrected chi connectivity index (χ3v) is 2.26. The van der Waals surface area contributed by atoms with Gasteiger partial charge in [0.1, 0.15) is 0 Å². The van der Waals surface area contributed by atoms with Gasteiger partial charge >= 0.3 is 0 Å². The van der Waals surface area contributed by atoms with E-state index in [0.29, 0.717) is 5.82 Å². The van der Waals surface area contributed by atoms with Crippen molar-refractivity contribution in [2.75, 3.05) is 5.32 Å². The second-order valence-corrected chi connectivity index (χ2v) is 3.53. The number of H-pyrrole nitrogens is 1. The highest BCUT2D eigenvalue weighted by atomic mass is 32.1. The van der Waals surface area contributed by atoms with Gasteiger partial charge in [0.15, 0.2) is 11.6 Å². The van der Waals surface area contributed by atoms with Gasteiger partial charge in [0.05, 0.1) is 17.7 Å². The van der Waals surface area contributed by atoms with Gasteiger partial charge < -0.3 is 10.3 Å². The van der Waals surface area contributed by atoms with Crippen LogP contribution in [0.25, 0.3) is 0 Å². The van der Waals surface area contributed by atoms with Gasteiger partial charge in [-0.3, -0.25) is 9.48 Å². The SMILES string of the molecule is O=c1cc[nH]c(Cn2ccc(NC=S)n2)c1F. The predicted molar refractivity (Wildman–Crippen MR) is 65.6 cm³/mol. The van der Waals surface area contributed by atoms with Crippen LogP contribution in [0.3, 0.4) is 0 Å². The molecule has 0 spiro atoms. The van der Waals surface area contributed by atoms with Crippen molar-refractivity contribution >= 4 is 23.5 Å². The van der Waals surface area contributed by atoms with Crippen LogP contribution < -0.4 is 10.7 Å². The van der Waals surface area contributed by atoms with Crippen molar-refractivity contribution in [2.24, 2.45) is 0 Å².